The van der Waals surface area contributed by atoms with Crippen molar-refractivity contribution in [3.8, 4) is 0 Å². The molecule has 0 fully saturated rings. The Bertz CT molecular complexity index is 471. The molecule has 0 saturated carbocycles. The molecule has 0 aliphatic rings. The van der Waals surface area contributed by atoms with E-state index >= 15 is 0 Å². The highest BCUT2D eigenvalue weighted by molar-refractivity contribution is 5.46. The first-order valence-corrected chi connectivity index (χ1v) is 4.96. The van der Waals surface area contributed by atoms with Crippen molar-refractivity contribution in [3.63, 3.8) is 0 Å². The fourth-order valence-corrected chi connectivity index (χ4v) is 1.53. The molecule has 1 N–H and O–H groups in total. The lowest BCUT2D eigenvalue weighted by molar-refractivity contribution is 0.587. The second-order valence-corrected chi connectivity index (χ2v) is 3.56. The van der Waals surface area contributed by atoms with Gasteiger partial charge >= 0.3 is 0 Å². The van der Waals surface area contributed by atoms with E-state index in [1.54, 1.807) is 0 Å². The third-order valence-corrected chi connectivity index (χ3v) is 2.46. The summed E-state index contributed by atoms with van der Waals surface area (Å²) in [5, 5.41) is 2.75. The number of hydrogen-bond donors (Lipinski definition) is 1. The first kappa shape index (κ1) is 10.7. The van der Waals surface area contributed by atoms with Gasteiger partial charge in [0.2, 0.25) is 0 Å². The van der Waals surface area contributed by atoms with Crippen LogP contribution in [0.1, 0.15) is 5.69 Å². The Balaban J connectivity index is 2.14. The summed E-state index contributed by atoms with van der Waals surface area (Å²) in [5.74, 6) is -1.15. The molecule has 0 amide bonds. The monoisotopic (exact) mass is 222 g/mol. The van der Waals surface area contributed by atoms with Gasteiger partial charge in [0, 0.05) is 18.9 Å². The van der Waals surface area contributed by atoms with Crippen molar-refractivity contribution in [1.82, 2.24) is 4.57 Å². The first-order chi connectivity index (χ1) is 7.68. The van der Waals surface area contributed by atoms with E-state index in [0.717, 1.165) is 5.69 Å². The number of nitrogens with one attached hydrogen (secondary N) is 1. The van der Waals surface area contributed by atoms with Crippen LogP contribution in [0.25, 0.3) is 0 Å². The van der Waals surface area contributed by atoms with Crippen molar-refractivity contribution >= 4 is 5.69 Å². The Kier molecular flexibility index (Phi) is 2.90. The second kappa shape index (κ2) is 4.35. The molecular weight excluding hydrogens is 210 g/mol. The average Bonchev–Trinajstić information content (AvgIpc) is 2.64. The molecule has 1 aromatic carbocycles. The van der Waals surface area contributed by atoms with Crippen LogP contribution in [0, 0.1) is 11.6 Å². The van der Waals surface area contributed by atoms with Crippen molar-refractivity contribution in [3.05, 3.63) is 53.9 Å². The summed E-state index contributed by atoms with van der Waals surface area (Å²) in [5.41, 5.74) is 0.881. The van der Waals surface area contributed by atoms with E-state index < -0.39 is 11.6 Å². The van der Waals surface area contributed by atoms with Crippen LogP contribution >= 0.6 is 0 Å². The first-order valence-electron chi connectivity index (χ1n) is 4.96. The van der Waals surface area contributed by atoms with Gasteiger partial charge in [0.05, 0.1) is 6.54 Å². The van der Waals surface area contributed by atoms with E-state index in [2.05, 4.69) is 5.32 Å². The minimum atomic E-state index is -0.575. The maximum absolute atomic E-state index is 13.3. The van der Waals surface area contributed by atoms with Gasteiger partial charge in [-0.3, -0.25) is 0 Å². The van der Waals surface area contributed by atoms with Crippen LogP contribution in [0.2, 0.25) is 0 Å². The van der Waals surface area contributed by atoms with Crippen LogP contribution < -0.4 is 5.32 Å². The number of aromatic nitrogens is 1. The molecule has 0 bridgehead atoms. The minimum Gasteiger partial charge on any atom is -0.375 e. The van der Waals surface area contributed by atoms with Gasteiger partial charge in [0.15, 0.2) is 0 Å². The Labute approximate surface area is 92.5 Å². The topological polar surface area (TPSA) is 17.0 Å². The normalized spacial score (nSPS) is 10.4. The Hall–Kier alpha value is -1.84. The van der Waals surface area contributed by atoms with Gasteiger partial charge in [-0.1, -0.05) is 6.07 Å². The predicted octanol–water partition coefficient (Wildman–Crippen LogP) is 2.92. The number of nitrogens with zero attached hydrogens (tertiary/aromatic N) is 1. The van der Waals surface area contributed by atoms with Crippen LogP contribution in [-0.4, -0.2) is 4.57 Å². The van der Waals surface area contributed by atoms with E-state index in [0.29, 0.717) is 6.54 Å². The third kappa shape index (κ3) is 2.05. The van der Waals surface area contributed by atoms with E-state index in [1.807, 2.05) is 29.9 Å². The second-order valence-electron chi connectivity index (χ2n) is 3.56. The van der Waals surface area contributed by atoms with Gasteiger partial charge in [-0.15, -0.1) is 0 Å². The SMILES string of the molecule is Cn1cccc1CNc1c(F)cccc1F. The van der Waals surface area contributed by atoms with Gasteiger partial charge in [0.1, 0.15) is 17.3 Å². The average molecular weight is 222 g/mol. The molecule has 1 heterocycles. The van der Waals surface area contributed by atoms with Gasteiger partial charge < -0.3 is 9.88 Å². The summed E-state index contributed by atoms with van der Waals surface area (Å²) in [7, 11) is 1.88. The van der Waals surface area contributed by atoms with Gasteiger partial charge in [0.25, 0.3) is 0 Å². The number of rotatable bonds is 3. The summed E-state index contributed by atoms with van der Waals surface area (Å²) in [6, 6.07) is 7.59. The molecule has 84 valence electrons. The molecule has 16 heavy (non-hydrogen) atoms. The third-order valence-electron chi connectivity index (χ3n) is 2.46. The van der Waals surface area contributed by atoms with Gasteiger partial charge in [-0.2, -0.15) is 0 Å². The van der Waals surface area contributed by atoms with Crippen LogP contribution in [0.15, 0.2) is 36.5 Å². The molecule has 0 spiro atoms. The van der Waals surface area contributed by atoms with Gasteiger partial charge in [-0.25, -0.2) is 8.78 Å². The van der Waals surface area contributed by atoms with Gasteiger partial charge in [-0.05, 0) is 24.3 Å². The highest BCUT2D eigenvalue weighted by Gasteiger charge is 2.07. The van der Waals surface area contributed by atoms with Crippen LogP contribution in [0.3, 0.4) is 0 Å². The number of hydrogen-bond acceptors (Lipinski definition) is 1. The molecule has 0 radical (unpaired) electrons. The fraction of sp³-hybridized carbons (Fsp3) is 0.167. The largest absolute Gasteiger partial charge is 0.375 e. The Morgan fingerprint density at radius 1 is 1.12 bits per heavy atom. The molecule has 0 aliphatic heterocycles. The lowest BCUT2D eigenvalue weighted by Crippen LogP contribution is -2.06. The number of para-hydroxylation sites is 1. The lowest BCUT2D eigenvalue weighted by Gasteiger charge is -2.09. The standard InChI is InChI=1S/C12H12F2N2/c1-16-7-3-4-9(16)8-15-12-10(13)5-2-6-11(12)14/h2-7,15H,8H2,1H3. The number of halogens is 2. The van der Waals surface area contributed by atoms with E-state index in [1.165, 1.54) is 18.2 Å². The number of anilines is 1. The fourth-order valence-electron chi connectivity index (χ4n) is 1.53. The highest BCUT2D eigenvalue weighted by Crippen LogP contribution is 2.18. The van der Waals surface area contributed by atoms with Crippen molar-refractivity contribution in [1.29, 1.82) is 0 Å². The van der Waals surface area contributed by atoms with Crippen molar-refractivity contribution in [2.75, 3.05) is 5.32 Å². The Morgan fingerprint density at radius 3 is 2.38 bits per heavy atom. The molecule has 2 aromatic rings. The molecule has 2 rings (SSSR count). The van der Waals surface area contributed by atoms with E-state index in [-0.39, 0.29) is 5.69 Å². The maximum atomic E-state index is 13.3. The van der Waals surface area contributed by atoms with Crippen molar-refractivity contribution in [2.45, 2.75) is 6.54 Å². The van der Waals surface area contributed by atoms with E-state index in [4.69, 9.17) is 0 Å². The van der Waals surface area contributed by atoms with Crippen LogP contribution in [0.5, 0.6) is 0 Å². The number of aryl methyl sites for hydroxylation is 1. The molecule has 0 saturated heterocycles. The predicted molar refractivity (Wildman–Crippen MR) is 59.1 cm³/mol. The highest BCUT2D eigenvalue weighted by atomic mass is 19.1. The Morgan fingerprint density at radius 2 is 1.81 bits per heavy atom. The summed E-state index contributed by atoms with van der Waals surface area (Å²) in [6.07, 6.45) is 1.88. The lowest BCUT2D eigenvalue weighted by atomic mass is 10.3. The smallest absolute Gasteiger partial charge is 0.149 e. The molecule has 0 atom stereocenters. The molecule has 4 heteroatoms. The molecule has 0 aliphatic carbocycles. The zero-order valence-electron chi connectivity index (χ0n) is 8.87. The van der Waals surface area contributed by atoms with E-state index in [9.17, 15) is 8.78 Å². The molecular formula is C12H12F2N2. The van der Waals surface area contributed by atoms with Crippen LogP contribution in [0.4, 0.5) is 14.5 Å². The molecule has 2 nitrogen and oxygen atoms in total. The van der Waals surface area contributed by atoms with Crippen LogP contribution in [-0.2, 0) is 13.6 Å². The summed E-state index contributed by atoms with van der Waals surface area (Å²) in [6.45, 7) is 0.390. The maximum Gasteiger partial charge on any atom is 0.149 e. The van der Waals surface area contributed by atoms with Crippen molar-refractivity contribution < 1.29 is 8.78 Å². The molecule has 1 aromatic heterocycles. The zero-order chi connectivity index (χ0) is 11.5. The molecule has 0 unspecified atom stereocenters. The zero-order valence-corrected chi connectivity index (χ0v) is 8.87. The summed E-state index contributed by atoms with van der Waals surface area (Å²) < 4.78 is 28.4. The van der Waals surface area contributed by atoms with Crippen molar-refractivity contribution in [2.24, 2.45) is 7.05 Å². The minimum absolute atomic E-state index is 0.0799. The quantitative estimate of drug-likeness (QED) is 0.844. The number of benzene rings is 1. The summed E-state index contributed by atoms with van der Waals surface area (Å²) in [4.78, 5) is 0. The summed E-state index contributed by atoms with van der Waals surface area (Å²) >= 11 is 0.